The van der Waals surface area contributed by atoms with Crippen molar-refractivity contribution in [3.63, 3.8) is 0 Å². The molecule has 1 saturated heterocycles. The molecule has 0 aliphatic carbocycles. The Morgan fingerprint density at radius 2 is 2.07 bits per heavy atom. The van der Waals surface area contributed by atoms with Crippen LogP contribution in [0.3, 0.4) is 0 Å². The zero-order valence-electron chi connectivity index (χ0n) is 9.92. The molecule has 0 radical (unpaired) electrons. The second kappa shape index (κ2) is 7.94. The molecule has 1 aliphatic rings. The van der Waals surface area contributed by atoms with Crippen molar-refractivity contribution in [1.29, 1.82) is 0 Å². The summed E-state index contributed by atoms with van der Waals surface area (Å²) in [5.41, 5.74) is 0. The molecular weight excluding hydrogens is 176 g/mol. The average molecular weight is 200 g/mol. The maximum Gasteiger partial charge on any atom is 0.122 e. The summed E-state index contributed by atoms with van der Waals surface area (Å²) in [6.45, 7) is 6.20. The van der Waals surface area contributed by atoms with Crippen LogP contribution in [0.25, 0.3) is 0 Å². The molecular formula is C11H24N2O. The molecule has 1 atom stereocenters. The summed E-state index contributed by atoms with van der Waals surface area (Å²) >= 11 is 0. The lowest BCUT2D eigenvalue weighted by atomic mass is 10.1. The van der Waals surface area contributed by atoms with Crippen LogP contribution in [0, 0.1) is 5.92 Å². The van der Waals surface area contributed by atoms with Crippen molar-refractivity contribution >= 4 is 6.29 Å². The van der Waals surface area contributed by atoms with Gasteiger partial charge in [0.05, 0.1) is 0 Å². The quantitative estimate of drug-likeness (QED) is 0.678. The second-order valence-corrected chi connectivity index (χ2v) is 4.27. The van der Waals surface area contributed by atoms with Crippen LogP contribution in [0.5, 0.6) is 0 Å². The minimum atomic E-state index is 0.204. The summed E-state index contributed by atoms with van der Waals surface area (Å²) in [6, 6.07) is 0.740. The Labute approximate surface area is 87.9 Å². The van der Waals surface area contributed by atoms with Gasteiger partial charge >= 0.3 is 0 Å². The van der Waals surface area contributed by atoms with Gasteiger partial charge in [-0.05, 0) is 33.5 Å². The minimum Gasteiger partial charge on any atom is -0.316 e. The van der Waals surface area contributed by atoms with Crippen molar-refractivity contribution in [2.24, 2.45) is 5.92 Å². The zero-order valence-corrected chi connectivity index (χ0v) is 9.92. The smallest absolute Gasteiger partial charge is 0.122 e. The van der Waals surface area contributed by atoms with E-state index in [1.165, 1.54) is 25.9 Å². The maximum absolute atomic E-state index is 9.50. The molecule has 0 amide bonds. The average Bonchev–Trinajstić information content (AvgIpc) is 2.18. The third-order valence-electron chi connectivity index (χ3n) is 2.30. The summed E-state index contributed by atoms with van der Waals surface area (Å²) in [7, 11) is 4.23. The van der Waals surface area contributed by atoms with Crippen LogP contribution in [0.1, 0.15) is 26.7 Å². The largest absolute Gasteiger partial charge is 0.316 e. The Kier molecular flexibility index (Phi) is 7.71. The lowest BCUT2D eigenvalue weighted by Gasteiger charge is -2.29. The Morgan fingerprint density at radius 3 is 2.36 bits per heavy atom. The predicted octanol–water partition coefficient (Wildman–Crippen LogP) is 1.14. The van der Waals surface area contributed by atoms with Gasteiger partial charge in [-0.2, -0.15) is 0 Å². The molecule has 0 spiro atoms. The Bertz CT molecular complexity index is 148. The highest BCUT2D eigenvalue weighted by Gasteiger charge is 2.13. The van der Waals surface area contributed by atoms with Gasteiger partial charge < -0.3 is 15.0 Å². The Hall–Kier alpha value is -0.410. The lowest BCUT2D eigenvalue weighted by molar-refractivity contribution is -0.110. The predicted molar refractivity (Wildman–Crippen MR) is 60.5 cm³/mol. The van der Waals surface area contributed by atoms with E-state index in [0.717, 1.165) is 12.3 Å². The minimum absolute atomic E-state index is 0.204. The van der Waals surface area contributed by atoms with Crippen molar-refractivity contribution in [3.05, 3.63) is 0 Å². The van der Waals surface area contributed by atoms with E-state index in [1.807, 2.05) is 20.9 Å². The molecule has 3 nitrogen and oxygen atoms in total. The lowest BCUT2D eigenvalue weighted by Crippen LogP contribution is -2.42. The molecule has 0 aromatic rings. The topological polar surface area (TPSA) is 32.3 Å². The number of nitrogens with one attached hydrogen (secondary N) is 1. The number of rotatable bonds is 2. The number of carbonyl (C=O) groups is 1. The van der Waals surface area contributed by atoms with Crippen LogP contribution in [-0.2, 0) is 4.79 Å². The van der Waals surface area contributed by atoms with Gasteiger partial charge in [-0.15, -0.1) is 0 Å². The molecule has 0 aromatic heterocycles. The first-order valence-corrected chi connectivity index (χ1v) is 5.41. The van der Waals surface area contributed by atoms with Gasteiger partial charge in [0.1, 0.15) is 6.29 Å². The van der Waals surface area contributed by atoms with E-state index in [4.69, 9.17) is 0 Å². The molecule has 1 heterocycles. The molecule has 1 aliphatic heterocycles. The van der Waals surface area contributed by atoms with Gasteiger partial charge in [0.2, 0.25) is 0 Å². The fourth-order valence-electron chi connectivity index (χ4n) is 1.40. The van der Waals surface area contributed by atoms with Gasteiger partial charge in [0.15, 0.2) is 0 Å². The van der Waals surface area contributed by atoms with E-state index in [1.54, 1.807) is 0 Å². The number of nitrogens with zero attached hydrogens (tertiary/aromatic N) is 1. The summed E-state index contributed by atoms with van der Waals surface area (Å²) in [6.07, 6.45) is 3.61. The van der Waals surface area contributed by atoms with Crippen molar-refractivity contribution in [3.8, 4) is 0 Å². The monoisotopic (exact) mass is 200 g/mol. The molecule has 14 heavy (non-hydrogen) atoms. The van der Waals surface area contributed by atoms with Crippen LogP contribution in [0.15, 0.2) is 0 Å². The fraction of sp³-hybridized carbons (Fsp3) is 0.909. The van der Waals surface area contributed by atoms with Crippen LogP contribution in [0.4, 0.5) is 0 Å². The van der Waals surface area contributed by atoms with Gasteiger partial charge in [-0.1, -0.05) is 13.8 Å². The number of likely N-dealkylation sites (tertiary alicyclic amines) is 1. The molecule has 0 bridgehead atoms. The summed E-state index contributed by atoms with van der Waals surface area (Å²) in [5, 5.41) is 3.29. The number of hydrogen-bond acceptors (Lipinski definition) is 3. The summed E-state index contributed by atoms with van der Waals surface area (Å²) < 4.78 is 0. The first-order valence-electron chi connectivity index (χ1n) is 5.41. The molecule has 0 saturated carbocycles. The Balaban J connectivity index is 0.000000292. The standard InChI is InChI=1S/C7H16N2.C4H8O/c1-8-7-4-3-5-9(2)6-7;1-4(2)3-5/h7-8H,3-6H2,1-2H3;3-4H,1-2H3. The highest BCUT2D eigenvalue weighted by molar-refractivity contribution is 5.51. The first-order chi connectivity index (χ1) is 6.60. The van der Waals surface area contributed by atoms with E-state index in [-0.39, 0.29) is 5.92 Å². The molecule has 84 valence electrons. The van der Waals surface area contributed by atoms with E-state index >= 15 is 0 Å². The summed E-state index contributed by atoms with van der Waals surface area (Å²) in [4.78, 5) is 11.9. The molecule has 3 heteroatoms. The first kappa shape index (κ1) is 13.6. The van der Waals surface area contributed by atoms with Gasteiger partial charge in [-0.3, -0.25) is 0 Å². The van der Waals surface area contributed by atoms with Crippen LogP contribution in [0.2, 0.25) is 0 Å². The number of aldehydes is 1. The van der Waals surface area contributed by atoms with Gasteiger partial charge in [0, 0.05) is 18.5 Å². The van der Waals surface area contributed by atoms with Gasteiger partial charge in [0.25, 0.3) is 0 Å². The highest BCUT2D eigenvalue weighted by Crippen LogP contribution is 2.06. The molecule has 1 unspecified atom stereocenters. The van der Waals surface area contributed by atoms with Crippen molar-refractivity contribution in [1.82, 2.24) is 10.2 Å². The van der Waals surface area contributed by atoms with E-state index < -0.39 is 0 Å². The van der Waals surface area contributed by atoms with E-state index in [9.17, 15) is 4.79 Å². The third kappa shape index (κ3) is 7.04. The zero-order chi connectivity index (χ0) is 11.0. The fourth-order valence-corrected chi connectivity index (χ4v) is 1.40. The number of likely N-dealkylation sites (N-methyl/N-ethyl adjacent to an activating group) is 2. The second-order valence-electron chi connectivity index (χ2n) is 4.27. The van der Waals surface area contributed by atoms with Crippen molar-refractivity contribution in [2.45, 2.75) is 32.7 Å². The molecule has 1 N–H and O–H groups in total. The highest BCUT2D eigenvalue weighted by atomic mass is 16.1. The molecule has 1 rings (SSSR count). The van der Waals surface area contributed by atoms with Gasteiger partial charge in [-0.25, -0.2) is 0 Å². The number of hydrogen-bond donors (Lipinski definition) is 1. The van der Waals surface area contributed by atoms with Crippen LogP contribution >= 0.6 is 0 Å². The SMILES string of the molecule is CC(C)C=O.CNC1CCCN(C)C1. The van der Waals surface area contributed by atoms with E-state index in [2.05, 4.69) is 17.3 Å². The summed E-state index contributed by atoms with van der Waals surface area (Å²) in [5.74, 6) is 0.204. The van der Waals surface area contributed by atoms with Crippen LogP contribution in [-0.4, -0.2) is 44.4 Å². The van der Waals surface area contributed by atoms with Crippen LogP contribution < -0.4 is 5.32 Å². The maximum atomic E-state index is 9.50. The molecule has 1 fully saturated rings. The third-order valence-corrected chi connectivity index (χ3v) is 2.30. The normalized spacial score (nSPS) is 22.8. The van der Waals surface area contributed by atoms with E-state index in [0.29, 0.717) is 0 Å². The number of carbonyl (C=O) groups excluding carboxylic acids is 1. The molecule has 0 aromatic carbocycles. The number of piperidine rings is 1. The Morgan fingerprint density at radius 1 is 1.50 bits per heavy atom. The van der Waals surface area contributed by atoms with Crippen molar-refractivity contribution in [2.75, 3.05) is 27.2 Å². The van der Waals surface area contributed by atoms with Crippen molar-refractivity contribution < 1.29 is 4.79 Å².